The average Bonchev–Trinajstić information content (AvgIpc) is 2.90. The zero-order valence-electron chi connectivity index (χ0n) is 12.3. The van der Waals surface area contributed by atoms with Crippen LogP contribution < -0.4 is 4.74 Å². The summed E-state index contributed by atoms with van der Waals surface area (Å²) < 4.78 is 11.7. The van der Waals surface area contributed by atoms with Crippen LogP contribution in [0.4, 0.5) is 0 Å². The van der Waals surface area contributed by atoms with Gasteiger partial charge in [-0.15, -0.1) is 0 Å². The van der Waals surface area contributed by atoms with Crippen molar-refractivity contribution in [2.24, 2.45) is 0 Å². The highest BCUT2D eigenvalue weighted by Crippen LogP contribution is 2.29. The number of ether oxygens (including phenoxy) is 2. The molecule has 1 aliphatic rings. The Morgan fingerprint density at radius 1 is 1.14 bits per heavy atom. The molecule has 0 radical (unpaired) electrons. The van der Waals surface area contributed by atoms with Crippen LogP contribution in [0.25, 0.3) is 0 Å². The quantitative estimate of drug-likeness (QED) is 0.766. The first-order valence-electron chi connectivity index (χ1n) is 7.35. The second-order valence-corrected chi connectivity index (χ2v) is 5.46. The third-order valence-electron chi connectivity index (χ3n) is 3.58. The number of hydrogen-bond donors (Lipinski definition) is 0. The molecule has 1 heterocycles. The monoisotopic (exact) mass is 280 g/mol. The molecule has 0 saturated heterocycles. The van der Waals surface area contributed by atoms with E-state index in [9.17, 15) is 0 Å². The van der Waals surface area contributed by atoms with Gasteiger partial charge in [0.2, 0.25) is 0 Å². The summed E-state index contributed by atoms with van der Waals surface area (Å²) in [4.78, 5) is 0. The fourth-order valence-electron chi connectivity index (χ4n) is 2.57. The fraction of sp³-hybridized carbons (Fsp3) is 0.263. The molecule has 0 N–H and O–H groups in total. The number of fused-ring (bicyclic) bond motifs is 1. The number of benzene rings is 2. The van der Waals surface area contributed by atoms with E-state index in [1.807, 2.05) is 30.3 Å². The van der Waals surface area contributed by atoms with Gasteiger partial charge in [0, 0.05) is 6.42 Å². The highest BCUT2D eigenvalue weighted by molar-refractivity contribution is 5.38. The molecule has 2 heteroatoms. The minimum Gasteiger partial charge on any atom is -0.486 e. The van der Waals surface area contributed by atoms with Gasteiger partial charge in [-0.25, -0.2) is 0 Å². The Balaban J connectivity index is 1.49. The summed E-state index contributed by atoms with van der Waals surface area (Å²) in [7, 11) is 0. The summed E-state index contributed by atoms with van der Waals surface area (Å²) in [6.45, 7) is 3.39. The molecule has 2 aromatic rings. The van der Waals surface area contributed by atoms with E-state index in [4.69, 9.17) is 9.47 Å². The molecule has 2 nitrogen and oxygen atoms in total. The average molecular weight is 280 g/mol. The van der Waals surface area contributed by atoms with E-state index in [2.05, 4.69) is 37.3 Å². The van der Waals surface area contributed by atoms with Crippen molar-refractivity contribution < 1.29 is 9.47 Å². The molecular formula is C19H20O2. The molecule has 0 aromatic heterocycles. The van der Waals surface area contributed by atoms with Crippen molar-refractivity contribution in [3.05, 3.63) is 77.4 Å². The van der Waals surface area contributed by atoms with E-state index in [-0.39, 0.29) is 6.10 Å². The molecular weight excluding hydrogens is 260 g/mol. The largest absolute Gasteiger partial charge is 0.486 e. The van der Waals surface area contributed by atoms with Crippen molar-refractivity contribution in [1.82, 2.24) is 0 Å². The topological polar surface area (TPSA) is 18.5 Å². The van der Waals surface area contributed by atoms with Crippen LogP contribution in [-0.4, -0.2) is 12.7 Å². The lowest BCUT2D eigenvalue weighted by Crippen LogP contribution is -2.11. The van der Waals surface area contributed by atoms with Crippen LogP contribution in [0.5, 0.6) is 5.75 Å². The third-order valence-corrected chi connectivity index (χ3v) is 3.58. The molecule has 0 fully saturated rings. The summed E-state index contributed by atoms with van der Waals surface area (Å²) in [5, 5.41) is 0. The van der Waals surface area contributed by atoms with Crippen molar-refractivity contribution >= 4 is 0 Å². The van der Waals surface area contributed by atoms with Gasteiger partial charge in [-0.2, -0.15) is 0 Å². The van der Waals surface area contributed by atoms with Crippen LogP contribution in [0.15, 0.2) is 66.2 Å². The van der Waals surface area contributed by atoms with Crippen LogP contribution in [0, 0.1) is 0 Å². The molecule has 1 atom stereocenters. The van der Waals surface area contributed by atoms with Crippen LogP contribution in [0.3, 0.4) is 0 Å². The highest BCUT2D eigenvalue weighted by atomic mass is 16.5. The van der Waals surface area contributed by atoms with E-state index < -0.39 is 0 Å². The molecule has 1 unspecified atom stereocenters. The zero-order chi connectivity index (χ0) is 14.5. The molecule has 108 valence electrons. The molecule has 21 heavy (non-hydrogen) atoms. The van der Waals surface area contributed by atoms with Crippen molar-refractivity contribution in [3.63, 3.8) is 0 Å². The van der Waals surface area contributed by atoms with Crippen molar-refractivity contribution in [2.45, 2.75) is 26.1 Å². The minimum absolute atomic E-state index is 0.141. The van der Waals surface area contributed by atoms with E-state index in [1.165, 1.54) is 16.7 Å². The van der Waals surface area contributed by atoms with E-state index in [0.29, 0.717) is 13.2 Å². The van der Waals surface area contributed by atoms with Gasteiger partial charge in [0.05, 0.1) is 13.2 Å². The van der Waals surface area contributed by atoms with Gasteiger partial charge in [-0.05, 0) is 35.8 Å². The molecule has 0 saturated carbocycles. The summed E-state index contributed by atoms with van der Waals surface area (Å²) in [6.07, 6.45) is 3.26. The summed E-state index contributed by atoms with van der Waals surface area (Å²) in [6, 6.07) is 18.5. The van der Waals surface area contributed by atoms with Gasteiger partial charge in [-0.3, -0.25) is 0 Å². The normalized spacial score (nSPS) is 17.4. The lowest BCUT2D eigenvalue weighted by molar-refractivity contribution is 0.141. The first kappa shape index (κ1) is 13.9. The van der Waals surface area contributed by atoms with Gasteiger partial charge in [0.1, 0.15) is 11.9 Å². The Morgan fingerprint density at radius 3 is 2.71 bits per heavy atom. The summed E-state index contributed by atoms with van der Waals surface area (Å²) >= 11 is 0. The van der Waals surface area contributed by atoms with Crippen LogP contribution in [-0.2, 0) is 17.8 Å². The lowest BCUT2D eigenvalue weighted by Gasteiger charge is -2.09. The Bertz CT molecular complexity index is 591. The lowest BCUT2D eigenvalue weighted by atomic mass is 10.1. The Labute approximate surface area is 126 Å². The Hall–Kier alpha value is -2.06. The maximum atomic E-state index is 5.91. The van der Waals surface area contributed by atoms with Crippen LogP contribution >= 0.6 is 0 Å². The Morgan fingerprint density at radius 2 is 1.90 bits per heavy atom. The van der Waals surface area contributed by atoms with E-state index in [0.717, 1.165) is 12.2 Å². The Kier molecular flexibility index (Phi) is 4.37. The van der Waals surface area contributed by atoms with E-state index in [1.54, 1.807) is 0 Å². The second kappa shape index (κ2) is 6.59. The van der Waals surface area contributed by atoms with Gasteiger partial charge in [-0.1, -0.05) is 48.5 Å². The molecule has 1 aliphatic heterocycles. The maximum Gasteiger partial charge on any atom is 0.123 e. The molecule has 0 aliphatic carbocycles. The van der Waals surface area contributed by atoms with Gasteiger partial charge in [0.15, 0.2) is 0 Å². The standard InChI is InChI=1S/C19H20O2/c1-15(13-20-14-16-7-3-2-4-8-16)11-18-12-17-9-5-6-10-19(17)21-18/h2-11,18H,12-14H2,1H3/b15-11+. The number of rotatable bonds is 5. The molecule has 2 aromatic carbocycles. The number of para-hydroxylation sites is 1. The third kappa shape index (κ3) is 3.73. The zero-order valence-corrected chi connectivity index (χ0v) is 12.3. The van der Waals surface area contributed by atoms with Crippen molar-refractivity contribution in [2.75, 3.05) is 6.61 Å². The molecule has 0 spiro atoms. The number of hydrogen-bond acceptors (Lipinski definition) is 2. The SMILES string of the molecule is C/C(=C\C1Cc2ccccc2O1)COCc1ccccc1. The molecule has 0 amide bonds. The van der Waals surface area contributed by atoms with Crippen molar-refractivity contribution in [1.29, 1.82) is 0 Å². The first-order valence-corrected chi connectivity index (χ1v) is 7.35. The van der Waals surface area contributed by atoms with Gasteiger partial charge in [0.25, 0.3) is 0 Å². The van der Waals surface area contributed by atoms with Crippen LogP contribution in [0.1, 0.15) is 18.1 Å². The fourth-order valence-corrected chi connectivity index (χ4v) is 2.57. The second-order valence-electron chi connectivity index (χ2n) is 5.46. The van der Waals surface area contributed by atoms with Crippen molar-refractivity contribution in [3.8, 4) is 5.75 Å². The van der Waals surface area contributed by atoms with E-state index >= 15 is 0 Å². The van der Waals surface area contributed by atoms with Crippen LogP contribution in [0.2, 0.25) is 0 Å². The first-order chi connectivity index (χ1) is 10.3. The van der Waals surface area contributed by atoms with Gasteiger partial charge >= 0.3 is 0 Å². The minimum atomic E-state index is 0.141. The summed E-state index contributed by atoms with van der Waals surface area (Å²) in [5.41, 5.74) is 3.70. The van der Waals surface area contributed by atoms with Gasteiger partial charge < -0.3 is 9.47 Å². The predicted molar refractivity (Wildman–Crippen MR) is 84.4 cm³/mol. The smallest absolute Gasteiger partial charge is 0.123 e. The molecule has 3 rings (SSSR count). The molecule has 0 bridgehead atoms. The predicted octanol–water partition coefficient (Wildman–Crippen LogP) is 4.15. The maximum absolute atomic E-state index is 5.91. The summed E-state index contributed by atoms with van der Waals surface area (Å²) in [5.74, 6) is 1.01. The highest BCUT2D eigenvalue weighted by Gasteiger charge is 2.20.